The average molecular weight is 254 g/mol. The number of nitrogens with one attached hydrogen (secondary N) is 1. The molecule has 1 atom stereocenters. The van der Waals surface area contributed by atoms with E-state index in [2.05, 4.69) is 19.2 Å². The number of nitrogens with zero attached hydrogens (tertiary/aromatic N) is 1. The first kappa shape index (κ1) is 14.7. The van der Waals surface area contributed by atoms with Gasteiger partial charge in [-0.1, -0.05) is 20.8 Å². The van der Waals surface area contributed by atoms with Crippen molar-refractivity contribution in [2.45, 2.75) is 40.0 Å². The molecule has 18 heavy (non-hydrogen) atoms. The standard InChI is InChI=1S/C13H22N2O3/c1-9(2)4-6-14-11(16)5-7-15-12(17)8-10(3)13(15)18/h9-10H,4-8H2,1-3H3,(H,14,16). The maximum atomic E-state index is 11.6. The lowest BCUT2D eigenvalue weighted by Gasteiger charge is -2.14. The molecule has 0 spiro atoms. The Kier molecular flexibility index (Phi) is 5.31. The van der Waals surface area contributed by atoms with Gasteiger partial charge in [-0.05, 0) is 12.3 Å². The normalized spacial score (nSPS) is 19.8. The molecule has 1 unspecified atom stereocenters. The molecule has 102 valence electrons. The zero-order valence-corrected chi connectivity index (χ0v) is 11.4. The Morgan fingerprint density at radius 3 is 2.61 bits per heavy atom. The summed E-state index contributed by atoms with van der Waals surface area (Å²) in [5.41, 5.74) is 0. The molecular weight excluding hydrogens is 232 g/mol. The lowest BCUT2D eigenvalue weighted by molar-refractivity contribution is -0.139. The van der Waals surface area contributed by atoms with E-state index in [9.17, 15) is 14.4 Å². The van der Waals surface area contributed by atoms with Gasteiger partial charge in [0.1, 0.15) is 0 Å². The maximum Gasteiger partial charge on any atom is 0.232 e. The molecule has 0 aromatic carbocycles. The highest BCUT2D eigenvalue weighted by Crippen LogP contribution is 2.18. The summed E-state index contributed by atoms with van der Waals surface area (Å²) >= 11 is 0. The van der Waals surface area contributed by atoms with E-state index in [0.717, 1.165) is 6.42 Å². The van der Waals surface area contributed by atoms with E-state index in [1.165, 1.54) is 4.90 Å². The van der Waals surface area contributed by atoms with Gasteiger partial charge in [-0.15, -0.1) is 0 Å². The quantitative estimate of drug-likeness (QED) is 0.717. The third-order valence-corrected chi connectivity index (χ3v) is 3.08. The second kappa shape index (κ2) is 6.52. The fraction of sp³-hybridized carbons (Fsp3) is 0.769. The number of amides is 3. The van der Waals surface area contributed by atoms with Crippen molar-refractivity contribution in [1.82, 2.24) is 10.2 Å². The van der Waals surface area contributed by atoms with E-state index in [-0.39, 0.29) is 43.0 Å². The largest absolute Gasteiger partial charge is 0.356 e. The summed E-state index contributed by atoms with van der Waals surface area (Å²) in [7, 11) is 0. The van der Waals surface area contributed by atoms with Gasteiger partial charge >= 0.3 is 0 Å². The summed E-state index contributed by atoms with van der Waals surface area (Å²) in [6, 6.07) is 0. The van der Waals surface area contributed by atoms with Gasteiger partial charge in [-0.3, -0.25) is 19.3 Å². The molecular formula is C13H22N2O3. The molecule has 0 aromatic rings. The number of imide groups is 1. The van der Waals surface area contributed by atoms with Gasteiger partial charge < -0.3 is 5.32 Å². The van der Waals surface area contributed by atoms with Gasteiger partial charge in [-0.2, -0.15) is 0 Å². The SMILES string of the molecule is CC(C)CCNC(=O)CCN1C(=O)CC(C)C1=O. The summed E-state index contributed by atoms with van der Waals surface area (Å²) < 4.78 is 0. The summed E-state index contributed by atoms with van der Waals surface area (Å²) in [5, 5.41) is 2.79. The maximum absolute atomic E-state index is 11.6. The van der Waals surface area contributed by atoms with Crippen molar-refractivity contribution in [1.29, 1.82) is 0 Å². The molecule has 1 N–H and O–H groups in total. The highest BCUT2D eigenvalue weighted by molar-refractivity contribution is 6.03. The Bertz CT molecular complexity index is 339. The van der Waals surface area contributed by atoms with Crippen molar-refractivity contribution in [2.75, 3.05) is 13.1 Å². The Balaban J connectivity index is 2.26. The highest BCUT2D eigenvalue weighted by Gasteiger charge is 2.35. The van der Waals surface area contributed by atoms with Crippen LogP contribution in [-0.4, -0.2) is 35.7 Å². The van der Waals surface area contributed by atoms with Gasteiger partial charge in [0.05, 0.1) is 0 Å². The molecule has 0 saturated carbocycles. The van der Waals surface area contributed by atoms with E-state index in [0.29, 0.717) is 12.5 Å². The number of hydrogen-bond acceptors (Lipinski definition) is 3. The number of hydrogen-bond donors (Lipinski definition) is 1. The molecule has 5 heteroatoms. The number of carbonyl (C=O) groups is 3. The van der Waals surface area contributed by atoms with Crippen LogP contribution in [0.4, 0.5) is 0 Å². The zero-order valence-electron chi connectivity index (χ0n) is 11.4. The first-order valence-corrected chi connectivity index (χ1v) is 6.52. The predicted molar refractivity (Wildman–Crippen MR) is 67.6 cm³/mol. The van der Waals surface area contributed by atoms with Crippen LogP contribution in [0.25, 0.3) is 0 Å². The van der Waals surface area contributed by atoms with E-state index in [4.69, 9.17) is 0 Å². The summed E-state index contributed by atoms with van der Waals surface area (Å²) in [6.07, 6.45) is 1.40. The first-order valence-electron chi connectivity index (χ1n) is 6.52. The lowest BCUT2D eigenvalue weighted by Crippen LogP contribution is -2.35. The van der Waals surface area contributed by atoms with Gasteiger partial charge in [0, 0.05) is 31.8 Å². The minimum atomic E-state index is -0.235. The Labute approximate surface area is 108 Å². The van der Waals surface area contributed by atoms with Crippen LogP contribution in [0.2, 0.25) is 0 Å². The summed E-state index contributed by atoms with van der Waals surface area (Å²) in [4.78, 5) is 35.8. The number of carbonyl (C=O) groups excluding carboxylic acids is 3. The number of rotatable bonds is 6. The second-order valence-electron chi connectivity index (χ2n) is 5.27. The third kappa shape index (κ3) is 4.13. The van der Waals surface area contributed by atoms with E-state index >= 15 is 0 Å². The molecule has 0 radical (unpaired) electrons. The Morgan fingerprint density at radius 2 is 2.11 bits per heavy atom. The van der Waals surface area contributed by atoms with Gasteiger partial charge in [0.2, 0.25) is 17.7 Å². The smallest absolute Gasteiger partial charge is 0.232 e. The van der Waals surface area contributed by atoms with Crippen LogP contribution in [0.3, 0.4) is 0 Å². The minimum absolute atomic E-state index is 0.101. The van der Waals surface area contributed by atoms with Crippen LogP contribution < -0.4 is 5.32 Å². The van der Waals surface area contributed by atoms with Crippen LogP contribution >= 0.6 is 0 Å². The molecule has 0 bridgehead atoms. The molecule has 5 nitrogen and oxygen atoms in total. The van der Waals surface area contributed by atoms with E-state index in [1.54, 1.807) is 6.92 Å². The Morgan fingerprint density at radius 1 is 1.44 bits per heavy atom. The van der Waals surface area contributed by atoms with Gasteiger partial charge in [-0.25, -0.2) is 0 Å². The minimum Gasteiger partial charge on any atom is -0.356 e. The van der Waals surface area contributed by atoms with Crippen molar-refractivity contribution < 1.29 is 14.4 Å². The van der Waals surface area contributed by atoms with Crippen molar-refractivity contribution in [3.63, 3.8) is 0 Å². The molecule has 1 aliphatic rings. The molecule has 1 saturated heterocycles. The fourth-order valence-electron chi connectivity index (χ4n) is 1.89. The molecule has 0 aliphatic carbocycles. The fourth-order valence-corrected chi connectivity index (χ4v) is 1.89. The average Bonchev–Trinajstić information content (AvgIpc) is 2.50. The molecule has 1 fully saturated rings. The van der Waals surface area contributed by atoms with Gasteiger partial charge in [0.25, 0.3) is 0 Å². The monoisotopic (exact) mass is 254 g/mol. The summed E-state index contributed by atoms with van der Waals surface area (Å²) in [6.45, 7) is 6.78. The van der Waals surface area contributed by atoms with Crippen LogP contribution in [0, 0.1) is 11.8 Å². The summed E-state index contributed by atoms with van der Waals surface area (Å²) in [5.74, 6) is -0.109. The Hall–Kier alpha value is -1.39. The van der Waals surface area contributed by atoms with Crippen LogP contribution in [0.1, 0.15) is 40.0 Å². The third-order valence-electron chi connectivity index (χ3n) is 3.08. The topological polar surface area (TPSA) is 66.5 Å². The van der Waals surface area contributed by atoms with Crippen molar-refractivity contribution in [3.8, 4) is 0 Å². The molecule has 1 aliphatic heterocycles. The second-order valence-corrected chi connectivity index (χ2v) is 5.27. The molecule has 3 amide bonds. The predicted octanol–water partition coefficient (Wildman–Crippen LogP) is 0.934. The number of likely N-dealkylation sites (tertiary alicyclic amines) is 1. The zero-order chi connectivity index (χ0) is 13.7. The molecule has 1 heterocycles. The van der Waals surface area contributed by atoms with Gasteiger partial charge in [0.15, 0.2) is 0 Å². The van der Waals surface area contributed by atoms with Crippen LogP contribution in [0.5, 0.6) is 0 Å². The lowest BCUT2D eigenvalue weighted by atomic mass is 10.1. The van der Waals surface area contributed by atoms with Crippen molar-refractivity contribution in [2.24, 2.45) is 11.8 Å². The van der Waals surface area contributed by atoms with E-state index in [1.807, 2.05) is 0 Å². The first-order chi connectivity index (χ1) is 8.41. The van der Waals surface area contributed by atoms with Crippen molar-refractivity contribution in [3.05, 3.63) is 0 Å². The van der Waals surface area contributed by atoms with Crippen LogP contribution in [-0.2, 0) is 14.4 Å². The highest BCUT2D eigenvalue weighted by atomic mass is 16.2. The molecule has 1 rings (SSSR count). The van der Waals surface area contributed by atoms with E-state index < -0.39 is 0 Å². The van der Waals surface area contributed by atoms with Crippen LogP contribution in [0.15, 0.2) is 0 Å². The molecule has 0 aromatic heterocycles. The van der Waals surface area contributed by atoms with Crippen molar-refractivity contribution >= 4 is 17.7 Å².